The topological polar surface area (TPSA) is 68.0 Å². The molecule has 5 heteroatoms. The predicted octanol–water partition coefficient (Wildman–Crippen LogP) is 3.04. The number of aromatic carboxylic acids is 1. The van der Waals surface area contributed by atoms with Crippen LogP contribution in [0.25, 0.3) is 16.7 Å². The van der Waals surface area contributed by atoms with Gasteiger partial charge in [-0.2, -0.15) is 5.10 Å². The minimum Gasteiger partial charge on any atom is -0.478 e. The van der Waals surface area contributed by atoms with E-state index in [1.165, 1.54) is 0 Å². The normalized spacial score (nSPS) is 11.0. The summed E-state index contributed by atoms with van der Waals surface area (Å²) in [6.07, 6.45) is 0. The molecule has 1 N–H and O–H groups in total. The summed E-state index contributed by atoms with van der Waals surface area (Å²) < 4.78 is 1.70. The number of fused-ring (bicyclic) bond motifs is 1. The van der Waals surface area contributed by atoms with Crippen LogP contribution in [0.4, 0.5) is 0 Å². The van der Waals surface area contributed by atoms with Crippen molar-refractivity contribution in [1.29, 1.82) is 0 Å². The second-order valence-corrected chi connectivity index (χ2v) is 5.10. The first-order valence-corrected chi connectivity index (χ1v) is 6.65. The highest BCUT2D eigenvalue weighted by Crippen LogP contribution is 2.25. The molecule has 1 aromatic carbocycles. The standard InChI is InChI=1S/C16H15N3O2/c1-9-8-10(2)19(18-9)15-11(3)14(16(20)21)12-6-4-5-7-13(12)17-15/h4-8H,1-3H3,(H,20,21). The van der Waals surface area contributed by atoms with Gasteiger partial charge in [0, 0.05) is 16.6 Å². The minimum absolute atomic E-state index is 0.281. The number of benzene rings is 1. The van der Waals surface area contributed by atoms with Crippen LogP contribution >= 0.6 is 0 Å². The van der Waals surface area contributed by atoms with Crippen molar-refractivity contribution in [2.45, 2.75) is 20.8 Å². The van der Waals surface area contributed by atoms with Crippen molar-refractivity contribution >= 4 is 16.9 Å². The van der Waals surface area contributed by atoms with Gasteiger partial charge in [-0.05, 0) is 32.9 Å². The fourth-order valence-electron chi connectivity index (χ4n) is 2.62. The number of hydrogen-bond donors (Lipinski definition) is 1. The lowest BCUT2D eigenvalue weighted by atomic mass is 10.0. The van der Waals surface area contributed by atoms with Crippen molar-refractivity contribution in [3.8, 4) is 5.82 Å². The predicted molar refractivity (Wildman–Crippen MR) is 80.0 cm³/mol. The molecule has 0 aliphatic rings. The van der Waals surface area contributed by atoms with Gasteiger partial charge in [-0.25, -0.2) is 14.5 Å². The summed E-state index contributed by atoms with van der Waals surface area (Å²) in [5.41, 5.74) is 3.35. The van der Waals surface area contributed by atoms with Crippen LogP contribution in [0.5, 0.6) is 0 Å². The average molecular weight is 281 g/mol. The zero-order chi connectivity index (χ0) is 15.1. The van der Waals surface area contributed by atoms with Crippen LogP contribution < -0.4 is 0 Å². The van der Waals surface area contributed by atoms with Crippen LogP contribution in [-0.4, -0.2) is 25.8 Å². The van der Waals surface area contributed by atoms with E-state index in [9.17, 15) is 9.90 Å². The molecule has 0 amide bonds. The Bertz CT molecular complexity index is 865. The van der Waals surface area contributed by atoms with E-state index in [1.54, 1.807) is 17.7 Å². The molecule has 0 aliphatic heterocycles. The lowest BCUT2D eigenvalue weighted by Crippen LogP contribution is -2.10. The van der Waals surface area contributed by atoms with E-state index in [4.69, 9.17) is 0 Å². The quantitative estimate of drug-likeness (QED) is 0.784. The van der Waals surface area contributed by atoms with Crippen molar-refractivity contribution in [3.63, 3.8) is 0 Å². The Hall–Kier alpha value is -2.69. The van der Waals surface area contributed by atoms with Gasteiger partial charge < -0.3 is 5.11 Å². The first kappa shape index (κ1) is 13.3. The third-order valence-electron chi connectivity index (χ3n) is 3.53. The first-order valence-electron chi connectivity index (χ1n) is 6.65. The maximum atomic E-state index is 11.7. The molecule has 0 atom stereocenters. The van der Waals surface area contributed by atoms with Gasteiger partial charge in [-0.1, -0.05) is 18.2 Å². The number of nitrogens with zero attached hydrogens (tertiary/aromatic N) is 3. The molecule has 5 nitrogen and oxygen atoms in total. The number of carboxylic acids is 1. The van der Waals surface area contributed by atoms with E-state index in [-0.39, 0.29) is 5.56 Å². The molecule has 21 heavy (non-hydrogen) atoms. The highest BCUT2D eigenvalue weighted by molar-refractivity contribution is 6.04. The summed E-state index contributed by atoms with van der Waals surface area (Å²) in [6.45, 7) is 5.60. The molecule has 0 aliphatic carbocycles. The molecular formula is C16H15N3O2. The first-order chi connectivity index (χ1) is 9.99. The summed E-state index contributed by atoms with van der Waals surface area (Å²) in [5.74, 6) is -0.384. The van der Waals surface area contributed by atoms with Crippen LogP contribution in [0, 0.1) is 20.8 Å². The molecule has 0 saturated carbocycles. The number of rotatable bonds is 2. The summed E-state index contributed by atoms with van der Waals surface area (Å²) in [6, 6.07) is 9.21. The molecule has 0 spiro atoms. The van der Waals surface area contributed by atoms with Gasteiger partial charge in [0.15, 0.2) is 5.82 Å². The van der Waals surface area contributed by atoms with Gasteiger partial charge in [0.1, 0.15) is 0 Å². The zero-order valence-corrected chi connectivity index (χ0v) is 12.1. The van der Waals surface area contributed by atoms with Gasteiger partial charge in [0.05, 0.1) is 16.8 Å². The minimum atomic E-state index is -0.950. The fraction of sp³-hybridized carbons (Fsp3) is 0.188. The Morgan fingerprint density at radius 2 is 1.90 bits per heavy atom. The molecule has 0 unspecified atom stereocenters. The van der Waals surface area contributed by atoms with Crippen molar-refractivity contribution in [3.05, 3.63) is 52.8 Å². The van der Waals surface area contributed by atoms with Crippen LogP contribution in [0.2, 0.25) is 0 Å². The third kappa shape index (κ3) is 2.07. The van der Waals surface area contributed by atoms with Crippen molar-refractivity contribution < 1.29 is 9.90 Å². The fourth-order valence-corrected chi connectivity index (χ4v) is 2.62. The Labute approximate surface area is 121 Å². The Balaban J connectivity index is 2.42. The summed E-state index contributed by atoms with van der Waals surface area (Å²) in [4.78, 5) is 16.3. The van der Waals surface area contributed by atoms with Gasteiger partial charge in [-0.3, -0.25) is 0 Å². The van der Waals surface area contributed by atoms with E-state index < -0.39 is 5.97 Å². The monoisotopic (exact) mass is 281 g/mol. The molecule has 106 valence electrons. The smallest absolute Gasteiger partial charge is 0.336 e. The number of para-hydroxylation sites is 1. The van der Waals surface area contributed by atoms with Gasteiger partial charge >= 0.3 is 5.97 Å². The van der Waals surface area contributed by atoms with Crippen LogP contribution in [0.1, 0.15) is 27.3 Å². The summed E-state index contributed by atoms with van der Waals surface area (Å²) >= 11 is 0. The van der Waals surface area contributed by atoms with Crippen LogP contribution in [0.15, 0.2) is 30.3 Å². The Morgan fingerprint density at radius 1 is 1.19 bits per heavy atom. The van der Waals surface area contributed by atoms with Gasteiger partial charge in [0.25, 0.3) is 0 Å². The van der Waals surface area contributed by atoms with Crippen molar-refractivity contribution in [2.24, 2.45) is 0 Å². The number of aromatic nitrogens is 3. The summed E-state index contributed by atoms with van der Waals surface area (Å²) in [5, 5.41) is 14.6. The maximum absolute atomic E-state index is 11.7. The Kier molecular flexibility index (Phi) is 2.97. The van der Waals surface area contributed by atoms with E-state index >= 15 is 0 Å². The Morgan fingerprint density at radius 3 is 2.52 bits per heavy atom. The maximum Gasteiger partial charge on any atom is 0.336 e. The lowest BCUT2D eigenvalue weighted by molar-refractivity contribution is 0.0698. The molecule has 3 aromatic rings. The highest BCUT2D eigenvalue weighted by atomic mass is 16.4. The van der Waals surface area contributed by atoms with E-state index in [0.717, 1.165) is 11.4 Å². The highest BCUT2D eigenvalue weighted by Gasteiger charge is 2.19. The largest absolute Gasteiger partial charge is 0.478 e. The molecule has 2 heterocycles. The molecule has 3 rings (SSSR count). The van der Waals surface area contributed by atoms with E-state index in [0.29, 0.717) is 22.3 Å². The number of carboxylic acid groups (broad SMARTS) is 1. The second kappa shape index (κ2) is 4.70. The van der Waals surface area contributed by atoms with E-state index in [2.05, 4.69) is 10.1 Å². The van der Waals surface area contributed by atoms with Crippen molar-refractivity contribution in [1.82, 2.24) is 14.8 Å². The molecule has 0 fully saturated rings. The van der Waals surface area contributed by atoms with Gasteiger partial charge in [0.2, 0.25) is 0 Å². The number of aryl methyl sites for hydroxylation is 2. The zero-order valence-electron chi connectivity index (χ0n) is 12.1. The van der Waals surface area contributed by atoms with Crippen LogP contribution in [-0.2, 0) is 0 Å². The van der Waals surface area contributed by atoms with E-state index in [1.807, 2.05) is 38.1 Å². The number of hydrogen-bond acceptors (Lipinski definition) is 3. The van der Waals surface area contributed by atoms with Crippen LogP contribution in [0.3, 0.4) is 0 Å². The number of carbonyl (C=O) groups is 1. The average Bonchev–Trinajstić information content (AvgIpc) is 2.76. The molecule has 0 bridgehead atoms. The molecular weight excluding hydrogens is 266 g/mol. The van der Waals surface area contributed by atoms with Gasteiger partial charge in [-0.15, -0.1) is 0 Å². The molecule has 0 saturated heterocycles. The molecule has 0 radical (unpaired) electrons. The second-order valence-electron chi connectivity index (χ2n) is 5.10. The lowest BCUT2D eigenvalue weighted by Gasteiger charge is -2.12. The van der Waals surface area contributed by atoms with Crippen molar-refractivity contribution in [2.75, 3.05) is 0 Å². The SMILES string of the molecule is Cc1cc(C)n(-c2nc3ccccc3c(C(=O)O)c2C)n1. The third-order valence-corrected chi connectivity index (χ3v) is 3.53. The number of pyridine rings is 1. The molecule has 2 aromatic heterocycles. The summed E-state index contributed by atoms with van der Waals surface area (Å²) in [7, 11) is 0.